The molecule has 3 nitrogen and oxygen atoms in total. The van der Waals surface area contributed by atoms with Crippen LogP contribution in [-0.2, 0) is 4.74 Å². The summed E-state index contributed by atoms with van der Waals surface area (Å²) in [5, 5.41) is 6.21. The van der Waals surface area contributed by atoms with Crippen molar-refractivity contribution in [2.24, 2.45) is 0 Å². The van der Waals surface area contributed by atoms with Gasteiger partial charge in [0.1, 0.15) is 0 Å². The molecule has 1 saturated heterocycles. The van der Waals surface area contributed by atoms with Gasteiger partial charge >= 0.3 is 6.18 Å². The highest BCUT2D eigenvalue weighted by Crippen LogP contribution is 2.21. The number of rotatable bonds is 8. The third-order valence-electron chi connectivity index (χ3n) is 2.79. The van der Waals surface area contributed by atoms with Crippen LogP contribution in [0.1, 0.15) is 26.2 Å². The van der Waals surface area contributed by atoms with Gasteiger partial charge in [-0.05, 0) is 26.3 Å². The molecular weight excluding hydrogens is 233 g/mol. The zero-order chi connectivity index (χ0) is 12.8. The van der Waals surface area contributed by atoms with Crippen molar-refractivity contribution in [3.63, 3.8) is 0 Å². The minimum absolute atomic E-state index is 0.0437. The molecule has 1 rings (SSSR count). The van der Waals surface area contributed by atoms with E-state index in [2.05, 4.69) is 10.6 Å². The smallest absolute Gasteiger partial charge is 0.371 e. The van der Waals surface area contributed by atoms with Gasteiger partial charge in [0.15, 0.2) is 0 Å². The lowest BCUT2D eigenvalue weighted by molar-refractivity contribution is -0.135. The molecule has 17 heavy (non-hydrogen) atoms. The zero-order valence-corrected chi connectivity index (χ0v) is 10.2. The van der Waals surface area contributed by atoms with E-state index >= 15 is 0 Å². The van der Waals surface area contributed by atoms with Crippen LogP contribution >= 0.6 is 0 Å². The first-order valence-electron chi connectivity index (χ1n) is 6.03. The van der Waals surface area contributed by atoms with Crippen LogP contribution in [0.2, 0.25) is 0 Å². The first-order chi connectivity index (χ1) is 7.91. The Morgan fingerprint density at radius 3 is 2.47 bits per heavy atom. The van der Waals surface area contributed by atoms with Gasteiger partial charge in [-0.25, -0.2) is 0 Å². The highest BCUT2D eigenvalue weighted by atomic mass is 19.4. The molecule has 0 unspecified atom stereocenters. The minimum atomic E-state index is -4.02. The van der Waals surface area contributed by atoms with E-state index in [1.165, 1.54) is 0 Å². The lowest BCUT2D eigenvalue weighted by Crippen LogP contribution is -2.59. The Balaban J connectivity index is 1.81. The largest absolute Gasteiger partial charge is 0.389 e. The summed E-state index contributed by atoms with van der Waals surface area (Å²) in [4.78, 5) is 0. The summed E-state index contributed by atoms with van der Waals surface area (Å²) in [5.74, 6) is 0. The van der Waals surface area contributed by atoms with Gasteiger partial charge in [-0.2, -0.15) is 13.2 Å². The molecule has 0 amide bonds. The molecule has 0 aromatic rings. The first kappa shape index (κ1) is 14.7. The van der Waals surface area contributed by atoms with Crippen molar-refractivity contribution in [1.82, 2.24) is 10.6 Å². The number of ether oxygens (including phenoxy) is 1. The molecule has 6 heteroatoms. The third-order valence-corrected chi connectivity index (χ3v) is 2.79. The molecule has 0 aromatic heterocycles. The Morgan fingerprint density at radius 2 is 1.94 bits per heavy atom. The number of halogens is 3. The Bertz CT molecular complexity index is 217. The van der Waals surface area contributed by atoms with Gasteiger partial charge in [0, 0.05) is 26.1 Å². The number of unbranched alkanes of at least 4 members (excludes halogenated alkanes) is 1. The van der Waals surface area contributed by atoms with Gasteiger partial charge in [0.2, 0.25) is 0 Å². The van der Waals surface area contributed by atoms with Crippen LogP contribution < -0.4 is 10.6 Å². The lowest BCUT2D eigenvalue weighted by Gasteiger charge is -2.39. The fraction of sp³-hybridized carbons (Fsp3) is 1.00. The van der Waals surface area contributed by atoms with Crippen molar-refractivity contribution in [3.05, 3.63) is 0 Å². The molecule has 0 radical (unpaired) electrons. The SMILES string of the molecule is CC1(OCCNCCCCC(F)(F)F)CNC1. The number of hydrogen-bond acceptors (Lipinski definition) is 3. The first-order valence-corrected chi connectivity index (χ1v) is 6.03. The van der Waals surface area contributed by atoms with Crippen molar-refractivity contribution < 1.29 is 17.9 Å². The highest BCUT2D eigenvalue weighted by molar-refractivity contribution is 4.90. The van der Waals surface area contributed by atoms with Gasteiger partial charge in [0.25, 0.3) is 0 Å². The van der Waals surface area contributed by atoms with E-state index in [1.807, 2.05) is 6.92 Å². The van der Waals surface area contributed by atoms with Crippen molar-refractivity contribution in [2.45, 2.75) is 38.0 Å². The molecule has 0 bridgehead atoms. The molecule has 1 aliphatic heterocycles. The maximum Gasteiger partial charge on any atom is 0.389 e. The number of alkyl halides is 3. The van der Waals surface area contributed by atoms with Gasteiger partial charge < -0.3 is 15.4 Å². The Morgan fingerprint density at radius 1 is 1.24 bits per heavy atom. The molecule has 2 N–H and O–H groups in total. The van der Waals surface area contributed by atoms with Crippen molar-refractivity contribution in [3.8, 4) is 0 Å². The van der Waals surface area contributed by atoms with Gasteiger partial charge in [-0.3, -0.25) is 0 Å². The summed E-state index contributed by atoms with van der Waals surface area (Å²) in [6, 6.07) is 0. The van der Waals surface area contributed by atoms with Crippen LogP contribution in [0.25, 0.3) is 0 Å². The molecule has 0 atom stereocenters. The fourth-order valence-corrected chi connectivity index (χ4v) is 1.65. The number of nitrogens with one attached hydrogen (secondary N) is 2. The zero-order valence-electron chi connectivity index (χ0n) is 10.2. The Hall–Kier alpha value is -0.330. The second-order valence-corrected chi connectivity index (χ2v) is 4.72. The van der Waals surface area contributed by atoms with Crippen LogP contribution in [0.5, 0.6) is 0 Å². The van der Waals surface area contributed by atoms with Crippen molar-refractivity contribution >= 4 is 0 Å². The molecule has 0 aromatic carbocycles. The van der Waals surface area contributed by atoms with Crippen LogP contribution in [0.3, 0.4) is 0 Å². The molecular formula is C11H21F3N2O. The van der Waals surface area contributed by atoms with E-state index in [-0.39, 0.29) is 12.0 Å². The quantitative estimate of drug-likeness (QED) is 0.647. The molecule has 0 spiro atoms. The monoisotopic (exact) mass is 254 g/mol. The maximum atomic E-state index is 11.8. The summed E-state index contributed by atoms with van der Waals surface area (Å²) < 4.78 is 41.1. The van der Waals surface area contributed by atoms with E-state index in [0.29, 0.717) is 26.1 Å². The van der Waals surface area contributed by atoms with E-state index in [0.717, 1.165) is 13.1 Å². The molecule has 0 saturated carbocycles. The predicted octanol–water partition coefficient (Wildman–Crippen LogP) is 1.69. The molecule has 102 valence electrons. The summed E-state index contributed by atoms with van der Waals surface area (Å²) in [6.07, 6.45) is -3.96. The second-order valence-electron chi connectivity index (χ2n) is 4.72. The standard InChI is InChI=1S/C11H21F3N2O/c1-10(8-16-9-10)17-7-6-15-5-3-2-4-11(12,13)14/h15-16H,2-9H2,1H3. The van der Waals surface area contributed by atoms with Crippen LogP contribution in [0.4, 0.5) is 13.2 Å². The fourth-order valence-electron chi connectivity index (χ4n) is 1.65. The maximum absolute atomic E-state index is 11.8. The van der Waals surface area contributed by atoms with E-state index in [9.17, 15) is 13.2 Å². The van der Waals surface area contributed by atoms with E-state index in [1.54, 1.807) is 0 Å². The predicted molar refractivity (Wildman–Crippen MR) is 60.0 cm³/mol. The van der Waals surface area contributed by atoms with E-state index in [4.69, 9.17) is 4.74 Å². The Kier molecular flexibility index (Phi) is 5.69. The van der Waals surface area contributed by atoms with E-state index < -0.39 is 12.6 Å². The second kappa shape index (κ2) is 6.56. The van der Waals surface area contributed by atoms with Crippen molar-refractivity contribution in [1.29, 1.82) is 0 Å². The molecule has 1 fully saturated rings. The van der Waals surface area contributed by atoms with Crippen LogP contribution in [-0.4, -0.2) is 44.6 Å². The molecule has 0 aliphatic carbocycles. The molecule has 1 heterocycles. The average Bonchev–Trinajstić information content (AvgIpc) is 2.18. The summed E-state index contributed by atoms with van der Waals surface area (Å²) in [7, 11) is 0. The normalized spacial score (nSPS) is 19.1. The molecule has 1 aliphatic rings. The van der Waals surface area contributed by atoms with Crippen molar-refractivity contribution in [2.75, 3.05) is 32.8 Å². The van der Waals surface area contributed by atoms with Gasteiger partial charge in [-0.15, -0.1) is 0 Å². The lowest BCUT2D eigenvalue weighted by atomic mass is 10.0. The van der Waals surface area contributed by atoms with Gasteiger partial charge in [-0.1, -0.05) is 0 Å². The summed E-state index contributed by atoms with van der Waals surface area (Å²) in [5.41, 5.74) is -0.0437. The minimum Gasteiger partial charge on any atom is -0.371 e. The van der Waals surface area contributed by atoms with Gasteiger partial charge in [0.05, 0.1) is 12.2 Å². The summed E-state index contributed by atoms with van der Waals surface area (Å²) in [6.45, 7) is 5.72. The third kappa shape index (κ3) is 6.85. The highest BCUT2D eigenvalue weighted by Gasteiger charge is 2.31. The Labute approximate surface area is 100 Å². The van der Waals surface area contributed by atoms with Crippen LogP contribution in [0, 0.1) is 0 Å². The van der Waals surface area contributed by atoms with Crippen LogP contribution in [0.15, 0.2) is 0 Å². The summed E-state index contributed by atoms with van der Waals surface area (Å²) >= 11 is 0. The average molecular weight is 254 g/mol. The topological polar surface area (TPSA) is 33.3 Å². The number of hydrogen-bond donors (Lipinski definition) is 2.